The van der Waals surface area contributed by atoms with Crippen LogP contribution in [0.15, 0.2) is 24.4 Å². The van der Waals surface area contributed by atoms with Crippen LogP contribution in [0.5, 0.6) is 5.75 Å². The molecule has 0 saturated heterocycles. The van der Waals surface area contributed by atoms with E-state index < -0.39 is 0 Å². The minimum Gasteiger partial charge on any atom is -0.496 e. The molecule has 114 valence electrons. The molecule has 4 nitrogen and oxygen atoms in total. The van der Waals surface area contributed by atoms with Gasteiger partial charge in [-0.25, -0.2) is 0 Å². The average Bonchev–Trinajstić information content (AvgIpc) is 2.78. The van der Waals surface area contributed by atoms with Gasteiger partial charge in [0.25, 0.3) is 0 Å². The molecule has 1 heterocycles. The van der Waals surface area contributed by atoms with Gasteiger partial charge < -0.3 is 10.1 Å². The first-order valence-corrected chi connectivity index (χ1v) is 7.39. The van der Waals surface area contributed by atoms with Crippen LogP contribution in [0.4, 0.5) is 0 Å². The number of aromatic nitrogens is 2. The molecule has 2 aromatic rings. The SMILES string of the molecule is COc1ccc(C)cc1Cn1ncc(CNC(C)C)c1C. The third-order valence-corrected chi connectivity index (χ3v) is 3.66. The molecular formula is C17H25N3O. The lowest BCUT2D eigenvalue weighted by atomic mass is 10.1. The second-order valence-corrected chi connectivity index (χ2v) is 5.76. The highest BCUT2D eigenvalue weighted by Crippen LogP contribution is 2.21. The van der Waals surface area contributed by atoms with Gasteiger partial charge in [-0.2, -0.15) is 5.10 Å². The molecule has 0 aliphatic heterocycles. The van der Waals surface area contributed by atoms with E-state index in [-0.39, 0.29) is 0 Å². The highest BCUT2D eigenvalue weighted by molar-refractivity contribution is 5.37. The monoisotopic (exact) mass is 287 g/mol. The second-order valence-electron chi connectivity index (χ2n) is 5.76. The van der Waals surface area contributed by atoms with Crippen LogP contribution in [0.25, 0.3) is 0 Å². The maximum atomic E-state index is 5.44. The Morgan fingerprint density at radius 1 is 1.24 bits per heavy atom. The minimum atomic E-state index is 0.476. The summed E-state index contributed by atoms with van der Waals surface area (Å²) in [6.45, 7) is 10.1. The molecule has 0 amide bonds. The van der Waals surface area contributed by atoms with Crippen molar-refractivity contribution in [3.8, 4) is 5.75 Å². The van der Waals surface area contributed by atoms with Gasteiger partial charge in [0, 0.05) is 29.4 Å². The van der Waals surface area contributed by atoms with Crippen molar-refractivity contribution >= 4 is 0 Å². The van der Waals surface area contributed by atoms with E-state index in [0.29, 0.717) is 6.04 Å². The van der Waals surface area contributed by atoms with E-state index in [1.54, 1.807) is 7.11 Å². The number of hydrogen-bond donors (Lipinski definition) is 1. The van der Waals surface area contributed by atoms with Crippen LogP contribution in [-0.2, 0) is 13.1 Å². The lowest BCUT2D eigenvalue weighted by molar-refractivity contribution is 0.407. The Balaban J connectivity index is 2.19. The molecule has 0 aliphatic rings. The molecule has 4 heteroatoms. The molecule has 1 N–H and O–H groups in total. The Hall–Kier alpha value is -1.81. The number of hydrogen-bond acceptors (Lipinski definition) is 3. The largest absolute Gasteiger partial charge is 0.496 e. The van der Waals surface area contributed by atoms with Gasteiger partial charge in [-0.05, 0) is 19.9 Å². The summed E-state index contributed by atoms with van der Waals surface area (Å²) in [7, 11) is 1.71. The summed E-state index contributed by atoms with van der Waals surface area (Å²) in [5, 5.41) is 7.95. The standard InChI is InChI=1S/C17H25N3O/c1-12(2)18-9-16-10-19-20(14(16)4)11-15-8-13(3)6-7-17(15)21-5/h6-8,10,12,18H,9,11H2,1-5H3. The van der Waals surface area contributed by atoms with Crippen LogP contribution in [0.1, 0.15) is 36.2 Å². The van der Waals surface area contributed by atoms with Crippen LogP contribution in [0.3, 0.4) is 0 Å². The topological polar surface area (TPSA) is 39.1 Å². The first kappa shape index (κ1) is 15.6. The van der Waals surface area contributed by atoms with Crippen molar-refractivity contribution in [3.05, 3.63) is 46.8 Å². The molecule has 0 aliphatic carbocycles. The highest BCUT2D eigenvalue weighted by Gasteiger charge is 2.10. The second kappa shape index (κ2) is 6.76. The van der Waals surface area contributed by atoms with Gasteiger partial charge in [-0.15, -0.1) is 0 Å². The zero-order valence-corrected chi connectivity index (χ0v) is 13.6. The number of ether oxygens (including phenoxy) is 1. The molecule has 0 saturated carbocycles. The van der Waals surface area contributed by atoms with Crippen LogP contribution >= 0.6 is 0 Å². The molecule has 0 bridgehead atoms. The number of nitrogens with one attached hydrogen (secondary N) is 1. The van der Waals surface area contributed by atoms with Gasteiger partial charge in [-0.1, -0.05) is 31.5 Å². The summed E-state index contributed by atoms with van der Waals surface area (Å²) < 4.78 is 7.48. The zero-order valence-electron chi connectivity index (χ0n) is 13.6. The fourth-order valence-electron chi connectivity index (χ4n) is 2.32. The van der Waals surface area contributed by atoms with Crippen molar-refractivity contribution in [1.29, 1.82) is 0 Å². The summed E-state index contributed by atoms with van der Waals surface area (Å²) in [4.78, 5) is 0. The third kappa shape index (κ3) is 3.85. The number of methoxy groups -OCH3 is 1. The van der Waals surface area contributed by atoms with Gasteiger partial charge in [-0.3, -0.25) is 4.68 Å². The Bertz CT molecular complexity index is 602. The Morgan fingerprint density at radius 3 is 2.67 bits per heavy atom. The zero-order chi connectivity index (χ0) is 15.4. The minimum absolute atomic E-state index is 0.476. The van der Waals surface area contributed by atoms with Crippen molar-refractivity contribution in [2.24, 2.45) is 0 Å². The first-order valence-electron chi connectivity index (χ1n) is 7.39. The van der Waals surface area contributed by atoms with Gasteiger partial charge in [0.15, 0.2) is 0 Å². The van der Waals surface area contributed by atoms with E-state index in [0.717, 1.165) is 24.4 Å². The van der Waals surface area contributed by atoms with Crippen LogP contribution in [0, 0.1) is 13.8 Å². The fourth-order valence-corrected chi connectivity index (χ4v) is 2.32. The molecule has 0 radical (unpaired) electrons. The predicted molar refractivity (Wildman–Crippen MR) is 85.8 cm³/mol. The van der Waals surface area contributed by atoms with Gasteiger partial charge >= 0.3 is 0 Å². The van der Waals surface area contributed by atoms with E-state index in [9.17, 15) is 0 Å². The fraction of sp³-hybridized carbons (Fsp3) is 0.471. The molecule has 0 spiro atoms. The van der Waals surface area contributed by atoms with E-state index >= 15 is 0 Å². The summed E-state index contributed by atoms with van der Waals surface area (Å²) in [6, 6.07) is 6.72. The van der Waals surface area contributed by atoms with Gasteiger partial charge in [0.05, 0.1) is 19.9 Å². The van der Waals surface area contributed by atoms with E-state index in [1.807, 2.05) is 16.9 Å². The summed E-state index contributed by atoms with van der Waals surface area (Å²) >= 11 is 0. The van der Waals surface area contributed by atoms with Crippen molar-refractivity contribution < 1.29 is 4.74 Å². The maximum absolute atomic E-state index is 5.44. The van der Waals surface area contributed by atoms with E-state index in [1.165, 1.54) is 16.8 Å². The average molecular weight is 287 g/mol. The van der Waals surface area contributed by atoms with Crippen LogP contribution in [-0.4, -0.2) is 22.9 Å². The Kier molecular flexibility index (Phi) is 5.02. The highest BCUT2D eigenvalue weighted by atomic mass is 16.5. The molecule has 2 rings (SSSR count). The summed E-state index contributed by atoms with van der Waals surface area (Å²) in [5.74, 6) is 0.914. The summed E-state index contributed by atoms with van der Waals surface area (Å²) in [6.07, 6.45) is 1.95. The molecule has 0 fully saturated rings. The van der Waals surface area contributed by atoms with Crippen molar-refractivity contribution in [1.82, 2.24) is 15.1 Å². The molecule has 0 unspecified atom stereocenters. The quantitative estimate of drug-likeness (QED) is 0.887. The molecule has 0 atom stereocenters. The van der Waals surface area contributed by atoms with Crippen LogP contribution < -0.4 is 10.1 Å². The maximum Gasteiger partial charge on any atom is 0.123 e. The number of benzene rings is 1. The lowest BCUT2D eigenvalue weighted by Crippen LogP contribution is -2.22. The molecular weight excluding hydrogens is 262 g/mol. The Labute approximate surface area is 127 Å². The van der Waals surface area contributed by atoms with Crippen molar-refractivity contribution in [2.75, 3.05) is 7.11 Å². The first-order chi connectivity index (χ1) is 10.0. The van der Waals surface area contributed by atoms with Crippen molar-refractivity contribution in [2.45, 2.75) is 46.8 Å². The predicted octanol–water partition coefficient (Wildman–Crippen LogP) is 3.05. The molecule has 21 heavy (non-hydrogen) atoms. The lowest BCUT2D eigenvalue weighted by Gasteiger charge is -2.12. The smallest absolute Gasteiger partial charge is 0.123 e. The third-order valence-electron chi connectivity index (χ3n) is 3.66. The number of aryl methyl sites for hydroxylation is 1. The molecule has 1 aromatic heterocycles. The number of nitrogens with zero attached hydrogens (tertiary/aromatic N) is 2. The van der Waals surface area contributed by atoms with Crippen LogP contribution in [0.2, 0.25) is 0 Å². The normalized spacial score (nSPS) is 11.1. The summed E-state index contributed by atoms with van der Waals surface area (Å²) in [5.41, 5.74) is 4.84. The molecule has 1 aromatic carbocycles. The van der Waals surface area contributed by atoms with E-state index in [4.69, 9.17) is 4.74 Å². The van der Waals surface area contributed by atoms with Gasteiger partial charge in [0.1, 0.15) is 5.75 Å². The van der Waals surface area contributed by atoms with Crippen molar-refractivity contribution in [3.63, 3.8) is 0 Å². The van der Waals surface area contributed by atoms with E-state index in [2.05, 4.69) is 50.2 Å². The number of rotatable bonds is 6. The van der Waals surface area contributed by atoms with Gasteiger partial charge in [0.2, 0.25) is 0 Å². The Morgan fingerprint density at radius 2 is 2.00 bits per heavy atom.